The fourth-order valence-electron chi connectivity index (χ4n) is 2.73. The van der Waals surface area contributed by atoms with Crippen molar-refractivity contribution in [3.05, 3.63) is 36.2 Å². The fraction of sp³-hybridized carbons (Fsp3) is 0.471. The van der Waals surface area contributed by atoms with Crippen LogP contribution in [0.2, 0.25) is 0 Å². The molecule has 1 aliphatic rings. The minimum absolute atomic E-state index is 0.295. The number of esters is 1. The predicted octanol–water partition coefficient (Wildman–Crippen LogP) is 2.69. The van der Waals surface area contributed by atoms with Crippen molar-refractivity contribution in [2.45, 2.75) is 38.8 Å². The van der Waals surface area contributed by atoms with E-state index in [0.29, 0.717) is 36.2 Å². The highest BCUT2D eigenvalue weighted by molar-refractivity contribution is 5.95. The van der Waals surface area contributed by atoms with E-state index < -0.39 is 0 Å². The smallest absolute Gasteiger partial charge is 0.342 e. The van der Waals surface area contributed by atoms with Crippen molar-refractivity contribution in [3.8, 4) is 11.4 Å². The molecule has 0 radical (unpaired) electrons. The predicted molar refractivity (Wildman–Crippen MR) is 85.0 cm³/mol. The first-order valence-electron chi connectivity index (χ1n) is 8.05. The van der Waals surface area contributed by atoms with Crippen LogP contribution in [0.5, 0.6) is 0 Å². The molecule has 1 saturated heterocycles. The second-order valence-electron chi connectivity index (χ2n) is 5.51. The lowest BCUT2D eigenvalue weighted by Gasteiger charge is -2.08. The van der Waals surface area contributed by atoms with E-state index in [1.165, 1.54) is 0 Å². The number of carbonyl (C=O) groups is 1. The van der Waals surface area contributed by atoms with Gasteiger partial charge in [-0.1, -0.05) is 6.07 Å². The van der Waals surface area contributed by atoms with Gasteiger partial charge in [-0.05, 0) is 38.3 Å². The van der Waals surface area contributed by atoms with Crippen LogP contribution in [0.15, 0.2) is 30.6 Å². The maximum atomic E-state index is 12.2. The Balaban J connectivity index is 1.82. The first-order chi connectivity index (χ1) is 11.3. The topological polar surface area (TPSA) is 66.2 Å². The molecule has 1 fully saturated rings. The lowest BCUT2D eigenvalue weighted by Crippen LogP contribution is -2.10. The Morgan fingerprint density at radius 1 is 1.48 bits per heavy atom. The summed E-state index contributed by atoms with van der Waals surface area (Å²) in [4.78, 5) is 16.5. The Morgan fingerprint density at radius 3 is 3.09 bits per heavy atom. The van der Waals surface area contributed by atoms with Gasteiger partial charge in [0.25, 0.3) is 0 Å². The van der Waals surface area contributed by atoms with E-state index in [4.69, 9.17) is 9.47 Å². The second-order valence-corrected chi connectivity index (χ2v) is 5.51. The molecule has 0 amide bonds. The van der Waals surface area contributed by atoms with Crippen LogP contribution in [0.4, 0.5) is 0 Å². The highest BCUT2D eigenvalue weighted by Crippen LogP contribution is 2.22. The van der Waals surface area contributed by atoms with Gasteiger partial charge in [0.2, 0.25) is 0 Å². The Morgan fingerprint density at radius 2 is 2.39 bits per heavy atom. The third kappa shape index (κ3) is 3.76. The molecule has 2 aromatic heterocycles. The van der Waals surface area contributed by atoms with Crippen molar-refractivity contribution in [3.63, 3.8) is 0 Å². The van der Waals surface area contributed by atoms with Gasteiger partial charge in [-0.15, -0.1) is 0 Å². The summed E-state index contributed by atoms with van der Waals surface area (Å²) in [5, 5.41) is 4.54. The average Bonchev–Trinajstić information content (AvgIpc) is 3.23. The van der Waals surface area contributed by atoms with Crippen molar-refractivity contribution >= 4 is 5.97 Å². The van der Waals surface area contributed by atoms with Gasteiger partial charge in [-0.2, -0.15) is 5.10 Å². The van der Waals surface area contributed by atoms with Crippen molar-refractivity contribution in [2.24, 2.45) is 0 Å². The highest BCUT2D eigenvalue weighted by atomic mass is 16.5. The molecule has 1 atom stereocenters. The Kier molecular flexibility index (Phi) is 5.02. The average molecular weight is 315 g/mol. The van der Waals surface area contributed by atoms with Crippen LogP contribution in [0, 0.1) is 0 Å². The minimum Gasteiger partial charge on any atom is -0.462 e. The molecule has 1 aliphatic heterocycles. The lowest BCUT2D eigenvalue weighted by atomic mass is 10.2. The van der Waals surface area contributed by atoms with Crippen molar-refractivity contribution in [1.82, 2.24) is 14.8 Å². The van der Waals surface area contributed by atoms with Crippen molar-refractivity contribution in [2.75, 3.05) is 13.2 Å². The van der Waals surface area contributed by atoms with E-state index in [9.17, 15) is 4.79 Å². The van der Waals surface area contributed by atoms with Crippen LogP contribution in [-0.4, -0.2) is 40.1 Å². The highest BCUT2D eigenvalue weighted by Gasteiger charge is 2.21. The molecule has 0 saturated carbocycles. The molecule has 0 bridgehead atoms. The van der Waals surface area contributed by atoms with E-state index in [1.54, 1.807) is 24.0 Å². The molecule has 0 spiro atoms. The molecular weight excluding hydrogens is 294 g/mol. The van der Waals surface area contributed by atoms with Gasteiger partial charge in [0, 0.05) is 25.5 Å². The molecule has 122 valence electrons. The number of hydrogen-bond donors (Lipinski definition) is 0. The van der Waals surface area contributed by atoms with Crippen LogP contribution in [-0.2, 0) is 16.0 Å². The number of hydrogen-bond acceptors (Lipinski definition) is 5. The maximum absolute atomic E-state index is 12.2. The molecule has 23 heavy (non-hydrogen) atoms. The van der Waals surface area contributed by atoms with Crippen molar-refractivity contribution in [1.29, 1.82) is 0 Å². The minimum atomic E-state index is -0.364. The van der Waals surface area contributed by atoms with Crippen molar-refractivity contribution < 1.29 is 14.3 Å². The third-order valence-electron chi connectivity index (χ3n) is 3.87. The summed E-state index contributed by atoms with van der Waals surface area (Å²) >= 11 is 0. The van der Waals surface area contributed by atoms with Crippen LogP contribution in [0.25, 0.3) is 11.4 Å². The number of nitrogens with zero attached hydrogens (tertiary/aromatic N) is 3. The third-order valence-corrected chi connectivity index (χ3v) is 3.87. The molecular formula is C17H21N3O3. The molecule has 2 aromatic rings. The summed E-state index contributed by atoms with van der Waals surface area (Å²) in [5.74, 6) is -0.364. The second kappa shape index (κ2) is 7.37. The Hall–Kier alpha value is -2.21. The zero-order valence-electron chi connectivity index (χ0n) is 13.3. The standard InChI is InChI=1S/C17H21N3O3/c1-2-22-17(21)14-12-20(10-8-13-6-5-11-23-13)19-16(14)15-7-3-4-9-18-15/h3-4,7,9,12-13H,2,5-6,8,10-11H2,1H3. The molecule has 0 aromatic carbocycles. The molecule has 1 unspecified atom stereocenters. The SMILES string of the molecule is CCOC(=O)c1cn(CCC2CCCO2)nc1-c1ccccn1. The summed E-state index contributed by atoms with van der Waals surface area (Å²) in [5.41, 5.74) is 1.70. The van der Waals surface area contributed by atoms with E-state index in [2.05, 4.69) is 10.1 Å². The van der Waals surface area contributed by atoms with Crippen LogP contribution in [0.1, 0.15) is 36.5 Å². The van der Waals surface area contributed by atoms with Crippen LogP contribution < -0.4 is 0 Å². The Labute approximate surface area is 135 Å². The lowest BCUT2D eigenvalue weighted by molar-refractivity contribution is 0.0527. The molecule has 6 heteroatoms. The van der Waals surface area contributed by atoms with Gasteiger partial charge in [0.05, 0.1) is 18.4 Å². The van der Waals surface area contributed by atoms with E-state index >= 15 is 0 Å². The number of pyridine rings is 1. The summed E-state index contributed by atoms with van der Waals surface area (Å²) in [6.45, 7) is 3.68. The van der Waals surface area contributed by atoms with Gasteiger partial charge in [0.15, 0.2) is 0 Å². The van der Waals surface area contributed by atoms with Gasteiger partial charge in [-0.3, -0.25) is 9.67 Å². The maximum Gasteiger partial charge on any atom is 0.342 e. The van der Waals surface area contributed by atoms with Gasteiger partial charge >= 0.3 is 5.97 Å². The number of ether oxygens (including phenoxy) is 2. The van der Waals surface area contributed by atoms with E-state index in [0.717, 1.165) is 25.9 Å². The summed E-state index contributed by atoms with van der Waals surface area (Å²) in [6, 6.07) is 5.56. The van der Waals surface area contributed by atoms with Crippen LogP contribution in [0.3, 0.4) is 0 Å². The number of aromatic nitrogens is 3. The summed E-state index contributed by atoms with van der Waals surface area (Å²) < 4.78 is 12.6. The van der Waals surface area contributed by atoms with E-state index in [-0.39, 0.29) is 5.97 Å². The fourth-order valence-corrected chi connectivity index (χ4v) is 2.73. The van der Waals surface area contributed by atoms with Gasteiger partial charge in [0.1, 0.15) is 11.3 Å². The number of aryl methyl sites for hydroxylation is 1. The largest absolute Gasteiger partial charge is 0.462 e. The van der Waals surface area contributed by atoms with Crippen LogP contribution >= 0.6 is 0 Å². The quantitative estimate of drug-likeness (QED) is 0.767. The number of carbonyl (C=O) groups excluding carboxylic acids is 1. The summed E-state index contributed by atoms with van der Waals surface area (Å²) in [7, 11) is 0. The first-order valence-corrected chi connectivity index (χ1v) is 8.05. The molecule has 6 nitrogen and oxygen atoms in total. The monoisotopic (exact) mass is 315 g/mol. The van der Waals surface area contributed by atoms with Gasteiger partial charge < -0.3 is 9.47 Å². The number of rotatable bonds is 6. The Bertz CT molecular complexity index is 648. The van der Waals surface area contributed by atoms with Gasteiger partial charge in [-0.25, -0.2) is 4.79 Å². The normalized spacial score (nSPS) is 17.3. The first kappa shape index (κ1) is 15.7. The molecule has 3 heterocycles. The molecule has 0 aliphatic carbocycles. The van der Waals surface area contributed by atoms with E-state index in [1.807, 2.05) is 18.2 Å². The zero-order chi connectivity index (χ0) is 16.1. The molecule has 3 rings (SSSR count). The summed E-state index contributed by atoms with van der Waals surface area (Å²) in [6.07, 6.45) is 6.84. The zero-order valence-corrected chi connectivity index (χ0v) is 13.3. The molecule has 0 N–H and O–H groups in total.